The van der Waals surface area contributed by atoms with Crippen LogP contribution in [0.25, 0.3) is 16.8 Å². The number of pyridine rings is 1. The van der Waals surface area contributed by atoms with E-state index in [2.05, 4.69) is 17.0 Å². The SMILES string of the molecule is Cc1c(-c2ccncc2)c(OC(C)C)nn1-c1ccccc1. The molecule has 1 aromatic carbocycles. The molecule has 0 radical (unpaired) electrons. The van der Waals surface area contributed by atoms with Crippen LogP contribution >= 0.6 is 0 Å². The Balaban J connectivity index is 2.17. The highest BCUT2D eigenvalue weighted by molar-refractivity contribution is 5.71. The number of ether oxygens (including phenoxy) is 1. The van der Waals surface area contributed by atoms with Gasteiger partial charge in [-0.15, -0.1) is 5.10 Å². The Morgan fingerprint density at radius 3 is 2.32 bits per heavy atom. The van der Waals surface area contributed by atoms with E-state index in [4.69, 9.17) is 4.74 Å². The number of nitrogens with zero attached hydrogens (tertiary/aromatic N) is 3. The van der Waals surface area contributed by atoms with E-state index < -0.39 is 0 Å². The molecule has 0 amide bonds. The second kappa shape index (κ2) is 6.02. The average molecular weight is 293 g/mol. The summed E-state index contributed by atoms with van der Waals surface area (Å²) >= 11 is 0. The largest absolute Gasteiger partial charge is 0.473 e. The number of hydrogen-bond acceptors (Lipinski definition) is 3. The molecule has 0 aliphatic heterocycles. The monoisotopic (exact) mass is 293 g/mol. The molecule has 0 fully saturated rings. The van der Waals surface area contributed by atoms with Gasteiger partial charge >= 0.3 is 0 Å². The van der Waals surface area contributed by atoms with Crippen LogP contribution in [0.15, 0.2) is 54.9 Å². The van der Waals surface area contributed by atoms with E-state index in [0.717, 1.165) is 22.5 Å². The Labute approximate surface area is 130 Å². The predicted molar refractivity (Wildman–Crippen MR) is 87.3 cm³/mol. The third kappa shape index (κ3) is 2.72. The zero-order chi connectivity index (χ0) is 15.5. The molecular weight excluding hydrogens is 274 g/mol. The predicted octanol–water partition coefficient (Wildman–Crippen LogP) is 4.03. The highest BCUT2D eigenvalue weighted by Gasteiger charge is 2.19. The lowest BCUT2D eigenvalue weighted by Gasteiger charge is -2.08. The minimum absolute atomic E-state index is 0.0686. The highest BCUT2D eigenvalue weighted by Crippen LogP contribution is 2.34. The molecule has 3 rings (SSSR count). The molecule has 0 aliphatic carbocycles. The van der Waals surface area contributed by atoms with Crippen molar-refractivity contribution < 1.29 is 4.74 Å². The van der Waals surface area contributed by atoms with Crippen LogP contribution in [0.4, 0.5) is 0 Å². The zero-order valence-corrected chi connectivity index (χ0v) is 13.0. The number of hydrogen-bond donors (Lipinski definition) is 0. The van der Waals surface area contributed by atoms with Gasteiger partial charge in [0.25, 0.3) is 0 Å². The van der Waals surface area contributed by atoms with E-state index in [1.807, 2.05) is 61.0 Å². The van der Waals surface area contributed by atoms with E-state index >= 15 is 0 Å². The minimum atomic E-state index is 0.0686. The molecular formula is C18H19N3O. The molecule has 0 saturated carbocycles. The van der Waals surface area contributed by atoms with Gasteiger partial charge in [0.1, 0.15) is 0 Å². The summed E-state index contributed by atoms with van der Waals surface area (Å²) in [5.41, 5.74) is 4.15. The van der Waals surface area contributed by atoms with Crippen molar-refractivity contribution in [3.63, 3.8) is 0 Å². The maximum Gasteiger partial charge on any atom is 0.241 e. The summed E-state index contributed by atoms with van der Waals surface area (Å²) in [5, 5.41) is 4.67. The molecule has 112 valence electrons. The second-order valence-corrected chi connectivity index (χ2v) is 5.42. The van der Waals surface area contributed by atoms with Gasteiger partial charge in [0, 0.05) is 12.4 Å². The Bertz CT molecular complexity index is 749. The van der Waals surface area contributed by atoms with Crippen LogP contribution in [0.5, 0.6) is 5.88 Å². The van der Waals surface area contributed by atoms with Crippen LogP contribution in [0.2, 0.25) is 0 Å². The highest BCUT2D eigenvalue weighted by atomic mass is 16.5. The van der Waals surface area contributed by atoms with Crippen LogP contribution in [0.3, 0.4) is 0 Å². The fourth-order valence-electron chi connectivity index (χ4n) is 2.45. The zero-order valence-electron chi connectivity index (χ0n) is 13.0. The standard InChI is InChI=1S/C18H19N3O/c1-13(2)22-18-17(15-9-11-19-12-10-15)14(3)21(20-18)16-7-5-4-6-8-16/h4-13H,1-3H3. The Morgan fingerprint density at radius 2 is 1.68 bits per heavy atom. The van der Waals surface area contributed by atoms with Gasteiger partial charge < -0.3 is 4.74 Å². The van der Waals surface area contributed by atoms with Gasteiger partial charge in [-0.3, -0.25) is 4.98 Å². The van der Waals surface area contributed by atoms with Crippen LogP contribution in [-0.4, -0.2) is 20.9 Å². The van der Waals surface area contributed by atoms with Gasteiger partial charge in [-0.2, -0.15) is 0 Å². The fraction of sp³-hybridized carbons (Fsp3) is 0.222. The molecule has 0 unspecified atom stereocenters. The molecule has 0 aliphatic rings. The van der Waals surface area contributed by atoms with Crippen molar-refractivity contribution in [3.8, 4) is 22.7 Å². The molecule has 0 bridgehead atoms. The van der Waals surface area contributed by atoms with Crippen molar-refractivity contribution >= 4 is 0 Å². The van der Waals surface area contributed by atoms with Crippen molar-refractivity contribution in [1.82, 2.24) is 14.8 Å². The van der Waals surface area contributed by atoms with Gasteiger partial charge in [0.15, 0.2) is 0 Å². The first-order valence-corrected chi connectivity index (χ1v) is 7.39. The molecule has 4 heteroatoms. The van der Waals surface area contributed by atoms with Crippen LogP contribution in [0, 0.1) is 6.92 Å². The van der Waals surface area contributed by atoms with Crippen LogP contribution in [0.1, 0.15) is 19.5 Å². The first-order chi connectivity index (χ1) is 10.7. The van der Waals surface area contributed by atoms with E-state index in [9.17, 15) is 0 Å². The summed E-state index contributed by atoms with van der Waals surface area (Å²) in [4.78, 5) is 4.09. The Morgan fingerprint density at radius 1 is 1.00 bits per heavy atom. The lowest BCUT2D eigenvalue weighted by Crippen LogP contribution is -2.07. The molecule has 4 nitrogen and oxygen atoms in total. The summed E-state index contributed by atoms with van der Waals surface area (Å²) in [6, 6.07) is 14.0. The van der Waals surface area contributed by atoms with Gasteiger partial charge in [-0.1, -0.05) is 18.2 Å². The molecule has 0 atom stereocenters. The molecule has 22 heavy (non-hydrogen) atoms. The lowest BCUT2D eigenvalue weighted by atomic mass is 10.1. The van der Waals surface area contributed by atoms with Crippen molar-refractivity contribution in [3.05, 3.63) is 60.6 Å². The Kier molecular flexibility index (Phi) is 3.92. The summed E-state index contributed by atoms with van der Waals surface area (Å²) < 4.78 is 7.85. The van der Waals surface area contributed by atoms with Crippen molar-refractivity contribution in [2.75, 3.05) is 0 Å². The number of aromatic nitrogens is 3. The second-order valence-electron chi connectivity index (χ2n) is 5.42. The first kappa shape index (κ1) is 14.3. The molecule has 0 N–H and O–H groups in total. The quantitative estimate of drug-likeness (QED) is 0.729. The third-order valence-corrected chi connectivity index (χ3v) is 3.40. The van der Waals surface area contributed by atoms with Gasteiger partial charge in [0.2, 0.25) is 5.88 Å². The maximum absolute atomic E-state index is 5.93. The summed E-state index contributed by atoms with van der Waals surface area (Å²) in [5.74, 6) is 0.655. The maximum atomic E-state index is 5.93. The van der Waals surface area contributed by atoms with Crippen molar-refractivity contribution in [2.45, 2.75) is 26.9 Å². The minimum Gasteiger partial charge on any atom is -0.473 e. The van der Waals surface area contributed by atoms with Gasteiger partial charge in [0.05, 0.1) is 23.0 Å². The van der Waals surface area contributed by atoms with E-state index in [0.29, 0.717) is 5.88 Å². The van der Waals surface area contributed by atoms with Gasteiger partial charge in [-0.05, 0) is 50.6 Å². The van der Waals surface area contributed by atoms with Crippen LogP contribution in [-0.2, 0) is 0 Å². The third-order valence-electron chi connectivity index (χ3n) is 3.40. The number of benzene rings is 1. The first-order valence-electron chi connectivity index (χ1n) is 7.39. The fourth-order valence-corrected chi connectivity index (χ4v) is 2.45. The van der Waals surface area contributed by atoms with Gasteiger partial charge in [-0.25, -0.2) is 4.68 Å². The van der Waals surface area contributed by atoms with E-state index in [-0.39, 0.29) is 6.10 Å². The Hall–Kier alpha value is -2.62. The summed E-state index contributed by atoms with van der Waals surface area (Å²) in [6.45, 7) is 6.07. The summed E-state index contributed by atoms with van der Waals surface area (Å²) in [6.07, 6.45) is 3.64. The van der Waals surface area contributed by atoms with Crippen molar-refractivity contribution in [1.29, 1.82) is 0 Å². The number of para-hydroxylation sites is 1. The molecule has 3 aromatic rings. The molecule has 2 aromatic heterocycles. The normalized spacial score (nSPS) is 10.9. The molecule has 0 saturated heterocycles. The lowest BCUT2D eigenvalue weighted by molar-refractivity contribution is 0.232. The summed E-state index contributed by atoms with van der Waals surface area (Å²) in [7, 11) is 0. The topological polar surface area (TPSA) is 39.9 Å². The van der Waals surface area contributed by atoms with E-state index in [1.165, 1.54) is 0 Å². The van der Waals surface area contributed by atoms with E-state index in [1.54, 1.807) is 12.4 Å². The smallest absolute Gasteiger partial charge is 0.241 e. The molecule has 0 spiro atoms. The molecule has 2 heterocycles. The number of rotatable bonds is 4. The van der Waals surface area contributed by atoms with Crippen LogP contribution < -0.4 is 4.74 Å². The average Bonchev–Trinajstić information content (AvgIpc) is 2.85. The van der Waals surface area contributed by atoms with Crippen molar-refractivity contribution in [2.24, 2.45) is 0 Å².